The second-order valence-corrected chi connectivity index (χ2v) is 8.03. The average Bonchev–Trinajstić information content (AvgIpc) is 2.81. The number of thiophene rings is 1. The summed E-state index contributed by atoms with van der Waals surface area (Å²) < 4.78 is 27.4. The van der Waals surface area contributed by atoms with Gasteiger partial charge in [-0.2, -0.15) is 0 Å². The molecular formula is C15H14F2INS. The maximum absolute atomic E-state index is 13.2. The molecule has 0 radical (unpaired) electrons. The molecule has 1 aliphatic carbocycles. The van der Waals surface area contributed by atoms with Crippen LogP contribution in [0.4, 0.5) is 8.78 Å². The van der Waals surface area contributed by atoms with E-state index in [0.717, 1.165) is 18.4 Å². The van der Waals surface area contributed by atoms with Crippen LogP contribution in [0.3, 0.4) is 0 Å². The minimum absolute atomic E-state index is 0.326. The van der Waals surface area contributed by atoms with Crippen LogP contribution in [0.15, 0.2) is 24.3 Å². The number of benzene rings is 1. The number of fused-ring (bicyclic) bond motifs is 1. The molecule has 106 valence electrons. The summed E-state index contributed by atoms with van der Waals surface area (Å²) in [6, 6.07) is 6.65. The fourth-order valence-electron chi connectivity index (χ4n) is 2.62. The van der Waals surface area contributed by atoms with E-state index in [1.807, 2.05) is 11.3 Å². The van der Waals surface area contributed by atoms with Crippen molar-refractivity contribution in [3.63, 3.8) is 0 Å². The van der Waals surface area contributed by atoms with Gasteiger partial charge >= 0.3 is 0 Å². The molecule has 1 heterocycles. The van der Waals surface area contributed by atoms with Gasteiger partial charge in [-0.3, -0.25) is 0 Å². The van der Waals surface area contributed by atoms with Crippen LogP contribution in [-0.4, -0.2) is 0 Å². The molecule has 1 aromatic heterocycles. The predicted octanol–water partition coefficient (Wildman–Crippen LogP) is 4.80. The number of hydrogen-bond acceptors (Lipinski definition) is 2. The molecule has 0 saturated heterocycles. The molecule has 5 heteroatoms. The first-order valence-corrected chi connectivity index (χ1v) is 8.48. The molecule has 0 saturated carbocycles. The summed E-state index contributed by atoms with van der Waals surface area (Å²) in [5.74, 6) is -1.57. The number of halogens is 3. The summed E-state index contributed by atoms with van der Waals surface area (Å²) in [5, 5.41) is 3.47. The maximum atomic E-state index is 13.2. The highest BCUT2D eigenvalue weighted by molar-refractivity contribution is 14.1. The fourth-order valence-corrected chi connectivity index (χ4v) is 4.74. The lowest BCUT2D eigenvalue weighted by molar-refractivity contribution is 0.460. The summed E-state index contributed by atoms with van der Waals surface area (Å²) in [5.41, 5.74) is 2.16. The van der Waals surface area contributed by atoms with Crippen LogP contribution in [0.1, 0.15) is 34.9 Å². The van der Waals surface area contributed by atoms with Crippen molar-refractivity contribution < 1.29 is 8.78 Å². The molecule has 1 nitrogen and oxygen atoms in total. The highest BCUT2D eigenvalue weighted by atomic mass is 127. The fraction of sp³-hybridized carbons (Fsp3) is 0.333. The van der Waals surface area contributed by atoms with Crippen LogP contribution in [0.25, 0.3) is 0 Å². The predicted molar refractivity (Wildman–Crippen MR) is 85.9 cm³/mol. The van der Waals surface area contributed by atoms with Gasteiger partial charge in [0.2, 0.25) is 0 Å². The Labute approximate surface area is 134 Å². The molecular weight excluding hydrogens is 391 g/mol. The number of aryl methyl sites for hydroxylation is 1. The van der Waals surface area contributed by atoms with Crippen LogP contribution in [0.2, 0.25) is 0 Å². The van der Waals surface area contributed by atoms with Gasteiger partial charge in [-0.05, 0) is 71.2 Å². The van der Waals surface area contributed by atoms with Gasteiger partial charge in [0, 0.05) is 17.5 Å². The molecule has 1 aromatic carbocycles. The van der Waals surface area contributed by atoms with Crippen molar-refractivity contribution in [2.24, 2.45) is 0 Å². The Hall–Kier alpha value is -0.530. The van der Waals surface area contributed by atoms with Gasteiger partial charge < -0.3 is 5.32 Å². The Balaban J connectivity index is 1.71. The van der Waals surface area contributed by atoms with Gasteiger partial charge in [-0.1, -0.05) is 6.07 Å². The third-order valence-corrected chi connectivity index (χ3v) is 5.59. The third-order valence-electron chi connectivity index (χ3n) is 3.62. The van der Waals surface area contributed by atoms with Gasteiger partial charge in [0.1, 0.15) is 0 Å². The molecule has 0 amide bonds. The van der Waals surface area contributed by atoms with Crippen LogP contribution < -0.4 is 5.32 Å². The van der Waals surface area contributed by atoms with Crippen molar-refractivity contribution in [1.82, 2.24) is 5.32 Å². The van der Waals surface area contributed by atoms with E-state index in [-0.39, 0.29) is 0 Å². The number of rotatable bonds is 3. The maximum Gasteiger partial charge on any atom is 0.159 e. The van der Waals surface area contributed by atoms with Crippen LogP contribution >= 0.6 is 33.9 Å². The van der Waals surface area contributed by atoms with Crippen molar-refractivity contribution in [3.8, 4) is 0 Å². The molecule has 0 bridgehead atoms. The van der Waals surface area contributed by atoms with Crippen LogP contribution in [0.5, 0.6) is 0 Å². The summed E-state index contributed by atoms with van der Waals surface area (Å²) in [6.07, 6.45) is 3.44. The average molecular weight is 405 g/mol. The molecule has 0 spiro atoms. The molecule has 1 N–H and O–H groups in total. The van der Waals surface area contributed by atoms with E-state index in [2.05, 4.69) is 34.0 Å². The zero-order chi connectivity index (χ0) is 14.1. The lowest BCUT2D eigenvalue weighted by atomic mass is 9.94. The molecule has 1 unspecified atom stereocenters. The normalized spacial score (nSPS) is 18.1. The lowest BCUT2D eigenvalue weighted by Gasteiger charge is -2.23. The quantitative estimate of drug-likeness (QED) is 0.724. The highest BCUT2D eigenvalue weighted by Crippen LogP contribution is 2.36. The van der Waals surface area contributed by atoms with E-state index in [1.165, 1.54) is 31.9 Å². The zero-order valence-electron chi connectivity index (χ0n) is 10.8. The van der Waals surface area contributed by atoms with Crippen molar-refractivity contribution in [3.05, 3.63) is 54.8 Å². The van der Waals surface area contributed by atoms with E-state index in [0.29, 0.717) is 12.6 Å². The second-order valence-electron chi connectivity index (χ2n) is 5.00. The third kappa shape index (κ3) is 3.04. The van der Waals surface area contributed by atoms with Crippen LogP contribution in [-0.2, 0) is 13.0 Å². The lowest BCUT2D eigenvalue weighted by Crippen LogP contribution is -2.23. The largest absolute Gasteiger partial charge is 0.306 e. The first-order valence-electron chi connectivity index (χ1n) is 6.59. The molecule has 20 heavy (non-hydrogen) atoms. The number of nitrogens with one attached hydrogen (secondary N) is 1. The van der Waals surface area contributed by atoms with Crippen molar-refractivity contribution in [2.75, 3.05) is 0 Å². The standard InChI is InChI=1S/C15H14F2INS/c16-11-5-4-9(6-12(11)17)8-19-13-2-1-3-14-10(13)7-15(18)20-14/h4-7,13,19H,1-3,8H2. The molecule has 3 rings (SSSR count). The molecule has 1 aliphatic rings. The topological polar surface area (TPSA) is 12.0 Å². The summed E-state index contributed by atoms with van der Waals surface area (Å²) in [7, 11) is 0. The Morgan fingerprint density at radius 1 is 1.25 bits per heavy atom. The number of hydrogen-bond donors (Lipinski definition) is 1. The Morgan fingerprint density at radius 3 is 2.90 bits per heavy atom. The van der Waals surface area contributed by atoms with Gasteiger partial charge in [-0.15, -0.1) is 11.3 Å². The minimum atomic E-state index is -0.791. The zero-order valence-corrected chi connectivity index (χ0v) is 13.7. The van der Waals surface area contributed by atoms with E-state index >= 15 is 0 Å². The second kappa shape index (κ2) is 6.07. The Bertz CT molecular complexity index is 626. The van der Waals surface area contributed by atoms with Crippen molar-refractivity contribution >= 4 is 33.9 Å². The first-order chi connectivity index (χ1) is 9.63. The summed E-state index contributed by atoms with van der Waals surface area (Å²) in [4.78, 5) is 1.46. The minimum Gasteiger partial charge on any atom is -0.306 e. The Morgan fingerprint density at radius 2 is 2.10 bits per heavy atom. The molecule has 2 aromatic rings. The van der Waals surface area contributed by atoms with Crippen molar-refractivity contribution in [1.29, 1.82) is 0 Å². The smallest absolute Gasteiger partial charge is 0.159 e. The summed E-state index contributed by atoms with van der Waals surface area (Å²) in [6.45, 7) is 0.563. The molecule has 0 aliphatic heterocycles. The molecule has 1 atom stereocenters. The molecule has 0 fully saturated rings. The van der Waals surface area contributed by atoms with E-state index in [4.69, 9.17) is 0 Å². The van der Waals surface area contributed by atoms with E-state index in [9.17, 15) is 8.78 Å². The monoisotopic (exact) mass is 405 g/mol. The summed E-state index contributed by atoms with van der Waals surface area (Å²) >= 11 is 4.22. The SMILES string of the molecule is Fc1ccc(CNC2CCCc3sc(I)cc32)cc1F. The first kappa shape index (κ1) is 14.4. The van der Waals surface area contributed by atoms with Gasteiger partial charge in [0.15, 0.2) is 11.6 Å². The Kier molecular flexibility index (Phi) is 4.37. The highest BCUT2D eigenvalue weighted by Gasteiger charge is 2.22. The van der Waals surface area contributed by atoms with Gasteiger partial charge in [0.25, 0.3) is 0 Å². The van der Waals surface area contributed by atoms with Crippen LogP contribution in [0, 0.1) is 14.5 Å². The van der Waals surface area contributed by atoms with Gasteiger partial charge in [-0.25, -0.2) is 8.78 Å². The van der Waals surface area contributed by atoms with E-state index < -0.39 is 11.6 Å². The van der Waals surface area contributed by atoms with Gasteiger partial charge in [0.05, 0.1) is 2.88 Å². The van der Waals surface area contributed by atoms with E-state index in [1.54, 1.807) is 6.07 Å². The van der Waals surface area contributed by atoms with Crippen molar-refractivity contribution in [2.45, 2.75) is 31.8 Å².